The summed E-state index contributed by atoms with van der Waals surface area (Å²) in [5.41, 5.74) is 10.9. The molecule has 0 spiro atoms. The lowest BCUT2D eigenvalue weighted by atomic mass is 10.3. The molecule has 0 aromatic heterocycles. The first kappa shape index (κ1) is 13.3. The van der Waals surface area contributed by atoms with Crippen molar-refractivity contribution in [3.05, 3.63) is 0 Å². The second-order valence-electron chi connectivity index (χ2n) is 4.14. The number of thioether (sulfide) groups is 1. The average Bonchev–Trinajstić information content (AvgIpc) is 3.00. The SMILES string of the molecule is CC(N)=NCC(SC[C@H](N)C(=O)O)C1CC1. The molecule has 92 valence electrons. The lowest BCUT2D eigenvalue weighted by Gasteiger charge is -2.15. The van der Waals surface area contributed by atoms with E-state index in [1.807, 2.05) is 0 Å². The minimum Gasteiger partial charge on any atom is -0.480 e. The second-order valence-corrected chi connectivity index (χ2v) is 5.41. The number of hydrogen-bond donors (Lipinski definition) is 3. The third-order valence-electron chi connectivity index (χ3n) is 2.48. The second kappa shape index (κ2) is 6.10. The quantitative estimate of drug-likeness (QED) is 0.442. The van der Waals surface area contributed by atoms with E-state index in [4.69, 9.17) is 16.6 Å². The number of carboxylic acids is 1. The minimum absolute atomic E-state index is 0.365. The third-order valence-corrected chi connectivity index (χ3v) is 3.99. The van der Waals surface area contributed by atoms with Crippen LogP contribution in [-0.2, 0) is 4.79 Å². The van der Waals surface area contributed by atoms with Crippen LogP contribution in [0.2, 0.25) is 0 Å². The highest BCUT2D eigenvalue weighted by Crippen LogP contribution is 2.39. The normalized spacial score (nSPS) is 20.5. The number of aliphatic imine (C=N–C) groups is 1. The Morgan fingerprint density at radius 1 is 1.62 bits per heavy atom. The van der Waals surface area contributed by atoms with Crippen molar-refractivity contribution >= 4 is 23.6 Å². The van der Waals surface area contributed by atoms with Crippen molar-refractivity contribution in [1.29, 1.82) is 0 Å². The van der Waals surface area contributed by atoms with Gasteiger partial charge in [0.25, 0.3) is 0 Å². The standard InChI is InChI=1S/C10H19N3O2S/c1-6(11)13-4-9(7-2-3-7)16-5-8(12)10(14)15/h7-9H,2-5,12H2,1H3,(H2,11,13)(H,14,15)/t8-,9?/m0/s1. The Morgan fingerprint density at radius 2 is 2.25 bits per heavy atom. The zero-order valence-corrected chi connectivity index (χ0v) is 10.2. The zero-order valence-electron chi connectivity index (χ0n) is 9.43. The molecule has 0 heterocycles. The first-order chi connectivity index (χ1) is 7.50. The number of carboxylic acid groups (broad SMARTS) is 1. The lowest BCUT2D eigenvalue weighted by molar-refractivity contribution is -0.137. The van der Waals surface area contributed by atoms with Crippen molar-refractivity contribution in [2.24, 2.45) is 22.4 Å². The summed E-state index contributed by atoms with van der Waals surface area (Å²) in [7, 11) is 0. The lowest BCUT2D eigenvalue weighted by Crippen LogP contribution is -2.33. The molecule has 0 saturated heterocycles. The predicted molar refractivity (Wildman–Crippen MR) is 66.7 cm³/mol. The van der Waals surface area contributed by atoms with Crippen LogP contribution in [0.4, 0.5) is 0 Å². The predicted octanol–water partition coefficient (Wildman–Crippen LogP) is 0.287. The zero-order chi connectivity index (χ0) is 12.1. The van der Waals surface area contributed by atoms with Crippen LogP contribution in [0.3, 0.4) is 0 Å². The summed E-state index contributed by atoms with van der Waals surface area (Å²) in [5.74, 6) is 0.735. The van der Waals surface area contributed by atoms with Gasteiger partial charge in [-0.1, -0.05) is 0 Å². The third kappa shape index (κ3) is 4.85. The number of amidine groups is 1. The summed E-state index contributed by atoms with van der Waals surface area (Å²) in [5, 5.41) is 9.05. The molecule has 5 N–H and O–H groups in total. The van der Waals surface area contributed by atoms with E-state index in [9.17, 15) is 4.79 Å². The van der Waals surface area contributed by atoms with Crippen LogP contribution in [0, 0.1) is 5.92 Å². The van der Waals surface area contributed by atoms with E-state index in [-0.39, 0.29) is 0 Å². The fourth-order valence-corrected chi connectivity index (χ4v) is 2.66. The molecule has 5 nitrogen and oxygen atoms in total. The van der Waals surface area contributed by atoms with Crippen molar-refractivity contribution in [2.75, 3.05) is 12.3 Å². The van der Waals surface area contributed by atoms with Gasteiger partial charge in [0.15, 0.2) is 0 Å². The van der Waals surface area contributed by atoms with E-state index in [2.05, 4.69) is 4.99 Å². The topological polar surface area (TPSA) is 102 Å². The van der Waals surface area contributed by atoms with Crippen LogP contribution in [0.5, 0.6) is 0 Å². The summed E-state index contributed by atoms with van der Waals surface area (Å²) in [4.78, 5) is 14.8. The highest BCUT2D eigenvalue weighted by Gasteiger charge is 2.32. The van der Waals surface area contributed by atoms with Gasteiger partial charge in [0, 0.05) is 11.0 Å². The summed E-state index contributed by atoms with van der Waals surface area (Å²) >= 11 is 1.60. The van der Waals surface area contributed by atoms with E-state index >= 15 is 0 Å². The van der Waals surface area contributed by atoms with Crippen LogP contribution in [0.1, 0.15) is 19.8 Å². The molecule has 0 amide bonds. The van der Waals surface area contributed by atoms with Gasteiger partial charge in [0.2, 0.25) is 0 Å². The molecule has 1 saturated carbocycles. The van der Waals surface area contributed by atoms with Crippen molar-refractivity contribution in [1.82, 2.24) is 0 Å². The van der Waals surface area contributed by atoms with Crippen LogP contribution >= 0.6 is 11.8 Å². The number of aliphatic carboxylic acids is 1. The van der Waals surface area contributed by atoms with E-state index in [0.717, 1.165) is 0 Å². The fourth-order valence-electron chi connectivity index (χ4n) is 1.34. The van der Waals surface area contributed by atoms with Crippen LogP contribution in [0.25, 0.3) is 0 Å². The highest BCUT2D eigenvalue weighted by molar-refractivity contribution is 8.00. The molecule has 0 aromatic carbocycles. The summed E-state index contributed by atoms with van der Waals surface area (Å²) in [6.45, 7) is 2.43. The van der Waals surface area contributed by atoms with Gasteiger partial charge in [0.05, 0.1) is 12.4 Å². The molecule has 1 fully saturated rings. The van der Waals surface area contributed by atoms with Crippen molar-refractivity contribution in [3.8, 4) is 0 Å². The molecule has 0 bridgehead atoms. The van der Waals surface area contributed by atoms with E-state index < -0.39 is 12.0 Å². The largest absolute Gasteiger partial charge is 0.480 e. The molecule has 1 aliphatic carbocycles. The molecule has 6 heteroatoms. The molecule has 0 aliphatic heterocycles. The molecular weight excluding hydrogens is 226 g/mol. The van der Waals surface area contributed by atoms with E-state index in [0.29, 0.717) is 29.3 Å². The number of rotatable bonds is 7. The van der Waals surface area contributed by atoms with E-state index in [1.165, 1.54) is 12.8 Å². The Balaban J connectivity index is 2.34. The number of carbonyl (C=O) groups is 1. The van der Waals surface area contributed by atoms with Crippen molar-refractivity contribution < 1.29 is 9.90 Å². The summed E-state index contributed by atoms with van der Waals surface area (Å²) in [6.07, 6.45) is 2.41. The smallest absolute Gasteiger partial charge is 0.321 e. The molecule has 0 radical (unpaired) electrons. The molecule has 16 heavy (non-hydrogen) atoms. The molecule has 1 rings (SSSR count). The Morgan fingerprint density at radius 3 is 2.69 bits per heavy atom. The maximum absolute atomic E-state index is 10.6. The van der Waals surface area contributed by atoms with Crippen LogP contribution < -0.4 is 11.5 Å². The first-order valence-electron chi connectivity index (χ1n) is 5.37. The van der Waals surface area contributed by atoms with Crippen molar-refractivity contribution in [2.45, 2.75) is 31.1 Å². The van der Waals surface area contributed by atoms with Gasteiger partial charge in [-0.15, -0.1) is 0 Å². The van der Waals surface area contributed by atoms with Gasteiger partial charge in [-0.2, -0.15) is 11.8 Å². The molecule has 1 unspecified atom stereocenters. The summed E-state index contributed by atoms with van der Waals surface area (Å²) < 4.78 is 0. The van der Waals surface area contributed by atoms with Gasteiger partial charge in [-0.25, -0.2) is 0 Å². The number of nitrogens with two attached hydrogens (primary N) is 2. The van der Waals surface area contributed by atoms with Crippen LogP contribution in [0.15, 0.2) is 4.99 Å². The number of nitrogens with zero attached hydrogens (tertiary/aromatic N) is 1. The highest BCUT2D eigenvalue weighted by atomic mass is 32.2. The Kier molecular flexibility index (Phi) is 5.08. The number of hydrogen-bond acceptors (Lipinski definition) is 4. The van der Waals surface area contributed by atoms with Gasteiger partial charge >= 0.3 is 5.97 Å². The van der Waals surface area contributed by atoms with Gasteiger partial charge in [-0.05, 0) is 25.7 Å². The minimum atomic E-state index is -0.944. The Bertz CT molecular complexity index is 275. The van der Waals surface area contributed by atoms with E-state index in [1.54, 1.807) is 18.7 Å². The monoisotopic (exact) mass is 245 g/mol. The first-order valence-corrected chi connectivity index (χ1v) is 6.42. The Hall–Kier alpha value is -0.750. The average molecular weight is 245 g/mol. The van der Waals surface area contributed by atoms with Gasteiger partial charge < -0.3 is 16.6 Å². The summed E-state index contributed by atoms with van der Waals surface area (Å²) in [6, 6.07) is -0.783. The molecular formula is C10H19N3O2S. The van der Waals surface area contributed by atoms with Crippen molar-refractivity contribution in [3.63, 3.8) is 0 Å². The maximum atomic E-state index is 10.6. The van der Waals surface area contributed by atoms with Gasteiger partial charge in [0.1, 0.15) is 6.04 Å². The molecule has 1 aliphatic rings. The molecule has 2 atom stereocenters. The fraction of sp³-hybridized carbons (Fsp3) is 0.800. The Labute approximate surface area is 99.7 Å². The maximum Gasteiger partial charge on any atom is 0.321 e. The van der Waals surface area contributed by atoms with Crippen LogP contribution in [-0.4, -0.2) is 40.5 Å². The molecule has 0 aromatic rings. The van der Waals surface area contributed by atoms with Gasteiger partial charge in [-0.3, -0.25) is 9.79 Å².